The van der Waals surface area contributed by atoms with Crippen LogP contribution in [-0.2, 0) is 4.74 Å². The number of nitrogens with one attached hydrogen (secondary N) is 2. The Labute approximate surface area is 121 Å². The zero-order valence-electron chi connectivity index (χ0n) is 11.4. The van der Waals surface area contributed by atoms with Gasteiger partial charge in [-0.05, 0) is 24.6 Å². The third kappa shape index (κ3) is 3.55. The molecule has 4 nitrogen and oxygen atoms in total. The lowest BCUT2D eigenvalue weighted by molar-refractivity contribution is -0.294. The summed E-state index contributed by atoms with van der Waals surface area (Å²) in [5.74, 6) is 0. The van der Waals surface area contributed by atoms with Crippen molar-refractivity contribution < 1.29 is 35.9 Å². The number of carbonyl (C=O) groups excluding carboxylic acids is 1. The molecular formula is C12H12F6N2O2. The van der Waals surface area contributed by atoms with E-state index in [0.29, 0.717) is 12.7 Å². The minimum Gasteiger partial charge on any atom is -0.453 e. The maximum absolute atomic E-state index is 13.1. The predicted octanol–water partition coefficient (Wildman–Crippen LogP) is 3.58. The molecule has 1 rings (SSSR count). The Morgan fingerprint density at radius 1 is 1.09 bits per heavy atom. The smallest absolute Gasteiger partial charge is 0.439 e. The first-order chi connectivity index (χ1) is 9.93. The van der Waals surface area contributed by atoms with Crippen LogP contribution in [0.25, 0.3) is 0 Å². The third-order valence-electron chi connectivity index (χ3n) is 2.68. The van der Waals surface area contributed by atoms with Crippen molar-refractivity contribution in [3.05, 3.63) is 29.8 Å². The number of anilines is 1. The van der Waals surface area contributed by atoms with Gasteiger partial charge in [0.15, 0.2) is 0 Å². The summed E-state index contributed by atoms with van der Waals surface area (Å²) in [6.07, 6.45) is -13.6. The molecule has 0 saturated heterocycles. The van der Waals surface area contributed by atoms with Gasteiger partial charge in [0.05, 0.1) is 7.11 Å². The summed E-state index contributed by atoms with van der Waals surface area (Å²) in [6, 6.07) is 4.85. The Balaban J connectivity index is 3.39. The lowest BCUT2D eigenvalue weighted by Crippen LogP contribution is -2.72. The number of aryl methyl sites for hydroxylation is 1. The minimum absolute atomic E-state index is 0.432. The van der Waals surface area contributed by atoms with Crippen LogP contribution in [0.1, 0.15) is 5.56 Å². The summed E-state index contributed by atoms with van der Waals surface area (Å²) in [6.45, 7) is 1.49. The van der Waals surface area contributed by atoms with E-state index in [1.807, 2.05) is 0 Å². The van der Waals surface area contributed by atoms with Gasteiger partial charge in [-0.2, -0.15) is 26.3 Å². The highest BCUT2D eigenvalue weighted by Crippen LogP contribution is 2.43. The van der Waals surface area contributed by atoms with Crippen molar-refractivity contribution in [2.75, 3.05) is 12.4 Å². The summed E-state index contributed by atoms with van der Waals surface area (Å²) in [7, 11) is 0.652. The average molecular weight is 330 g/mol. The van der Waals surface area contributed by atoms with E-state index in [0.717, 1.165) is 17.4 Å². The summed E-state index contributed by atoms with van der Waals surface area (Å²) >= 11 is 0. The topological polar surface area (TPSA) is 50.4 Å². The second-order valence-corrected chi connectivity index (χ2v) is 4.36. The van der Waals surface area contributed by atoms with Crippen LogP contribution in [-0.4, -0.2) is 31.2 Å². The average Bonchev–Trinajstić information content (AvgIpc) is 2.35. The fourth-order valence-electron chi connectivity index (χ4n) is 1.62. The van der Waals surface area contributed by atoms with Gasteiger partial charge in [-0.1, -0.05) is 12.1 Å². The van der Waals surface area contributed by atoms with E-state index in [-0.39, 0.29) is 0 Å². The predicted molar refractivity (Wildman–Crippen MR) is 65.2 cm³/mol. The fourth-order valence-corrected chi connectivity index (χ4v) is 1.62. The Bertz CT molecular complexity index is 527. The SMILES string of the molecule is COC(=O)NC(Nc1cccc(C)c1)(C(F)(F)F)C(F)(F)F. The van der Waals surface area contributed by atoms with Crippen molar-refractivity contribution in [1.29, 1.82) is 0 Å². The highest BCUT2D eigenvalue weighted by atomic mass is 19.4. The number of ether oxygens (including phenoxy) is 1. The van der Waals surface area contributed by atoms with Gasteiger partial charge in [0.2, 0.25) is 0 Å². The number of hydrogen-bond donors (Lipinski definition) is 2. The lowest BCUT2D eigenvalue weighted by Gasteiger charge is -2.38. The zero-order valence-corrected chi connectivity index (χ0v) is 11.4. The Kier molecular flexibility index (Phi) is 4.83. The number of amides is 1. The van der Waals surface area contributed by atoms with Gasteiger partial charge in [0.25, 0.3) is 0 Å². The number of alkyl halides is 6. The molecule has 1 aromatic carbocycles. The Hall–Kier alpha value is -2.13. The molecule has 0 radical (unpaired) electrons. The fraction of sp³-hybridized carbons (Fsp3) is 0.417. The molecular weight excluding hydrogens is 318 g/mol. The number of carbonyl (C=O) groups is 1. The number of rotatable bonds is 3. The van der Waals surface area contributed by atoms with Crippen molar-refractivity contribution in [1.82, 2.24) is 5.32 Å². The molecule has 0 bridgehead atoms. The first kappa shape index (κ1) is 17.9. The van der Waals surface area contributed by atoms with Gasteiger partial charge < -0.3 is 10.1 Å². The molecule has 0 aliphatic carbocycles. The van der Waals surface area contributed by atoms with Gasteiger partial charge in [-0.25, -0.2) is 4.79 Å². The van der Waals surface area contributed by atoms with Crippen molar-refractivity contribution >= 4 is 11.8 Å². The molecule has 0 aliphatic heterocycles. The molecule has 0 aliphatic rings. The zero-order chi connectivity index (χ0) is 17.2. The van der Waals surface area contributed by atoms with Crippen LogP contribution in [0.3, 0.4) is 0 Å². The second-order valence-electron chi connectivity index (χ2n) is 4.36. The molecule has 124 valence electrons. The van der Waals surface area contributed by atoms with E-state index >= 15 is 0 Å². The molecule has 1 amide bonds. The minimum atomic E-state index is -5.87. The van der Waals surface area contributed by atoms with Crippen molar-refractivity contribution in [3.63, 3.8) is 0 Å². The molecule has 0 fully saturated rings. The second kappa shape index (κ2) is 5.93. The van der Waals surface area contributed by atoms with Crippen LogP contribution in [0.5, 0.6) is 0 Å². The van der Waals surface area contributed by atoms with Gasteiger partial charge >= 0.3 is 24.1 Å². The monoisotopic (exact) mass is 330 g/mol. The highest BCUT2D eigenvalue weighted by molar-refractivity contribution is 5.69. The molecule has 0 atom stereocenters. The number of hydrogen-bond acceptors (Lipinski definition) is 3. The van der Waals surface area contributed by atoms with Crippen LogP contribution in [0, 0.1) is 6.92 Å². The van der Waals surface area contributed by atoms with Crippen LogP contribution in [0.15, 0.2) is 24.3 Å². The molecule has 0 saturated carbocycles. The molecule has 0 heterocycles. The van der Waals surface area contributed by atoms with Crippen molar-refractivity contribution in [3.8, 4) is 0 Å². The van der Waals surface area contributed by atoms with E-state index in [2.05, 4.69) is 4.74 Å². The maximum atomic E-state index is 13.1. The van der Waals surface area contributed by atoms with Crippen molar-refractivity contribution in [2.45, 2.75) is 24.9 Å². The van der Waals surface area contributed by atoms with Gasteiger partial charge in [0, 0.05) is 5.69 Å². The maximum Gasteiger partial charge on any atom is 0.439 e. The Morgan fingerprint density at radius 3 is 2.05 bits per heavy atom. The van der Waals surface area contributed by atoms with Crippen LogP contribution >= 0.6 is 0 Å². The number of methoxy groups -OCH3 is 1. The number of benzene rings is 1. The largest absolute Gasteiger partial charge is 0.453 e. The summed E-state index contributed by atoms with van der Waals surface area (Å²) in [4.78, 5) is 11.0. The first-order valence-corrected chi connectivity index (χ1v) is 5.77. The first-order valence-electron chi connectivity index (χ1n) is 5.77. The quantitative estimate of drug-likeness (QED) is 0.658. The van der Waals surface area contributed by atoms with E-state index in [9.17, 15) is 31.1 Å². The Morgan fingerprint density at radius 2 is 1.64 bits per heavy atom. The van der Waals surface area contributed by atoms with Crippen molar-refractivity contribution in [2.24, 2.45) is 0 Å². The highest BCUT2D eigenvalue weighted by Gasteiger charge is 2.73. The molecule has 0 aromatic heterocycles. The third-order valence-corrected chi connectivity index (χ3v) is 2.68. The number of alkyl carbamates (subject to hydrolysis) is 1. The molecule has 0 unspecified atom stereocenters. The number of halogens is 6. The summed E-state index contributed by atoms with van der Waals surface area (Å²) < 4.78 is 82.5. The van der Waals surface area contributed by atoms with Gasteiger partial charge in [-0.3, -0.25) is 5.32 Å². The van der Waals surface area contributed by atoms with Gasteiger partial charge in [0.1, 0.15) is 0 Å². The molecule has 1 aromatic rings. The van der Waals surface area contributed by atoms with E-state index in [1.54, 1.807) is 0 Å². The van der Waals surface area contributed by atoms with E-state index in [4.69, 9.17) is 0 Å². The van der Waals surface area contributed by atoms with E-state index in [1.165, 1.54) is 24.4 Å². The van der Waals surface area contributed by atoms with E-state index < -0.39 is 29.8 Å². The van der Waals surface area contributed by atoms with Crippen LogP contribution in [0.2, 0.25) is 0 Å². The summed E-state index contributed by atoms with van der Waals surface area (Å²) in [5, 5.41) is 2.12. The lowest BCUT2D eigenvalue weighted by atomic mass is 10.1. The van der Waals surface area contributed by atoms with Crippen LogP contribution in [0.4, 0.5) is 36.8 Å². The molecule has 10 heteroatoms. The normalized spacial score (nSPS) is 12.7. The molecule has 2 N–H and O–H groups in total. The van der Waals surface area contributed by atoms with Gasteiger partial charge in [-0.15, -0.1) is 0 Å². The molecule has 0 spiro atoms. The standard InChI is InChI=1S/C12H12F6N2O2/c1-7-4-3-5-8(6-7)19-10(11(13,14)15,12(16,17)18)20-9(21)22-2/h3-6,19H,1-2H3,(H,20,21). The summed E-state index contributed by atoms with van der Waals surface area (Å²) in [5.41, 5.74) is -4.71. The molecule has 22 heavy (non-hydrogen) atoms. The van der Waals surface area contributed by atoms with Crippen LogP contribution < -0.4 is 10.6 Å².